The fraction of sp³-hybridized carbons (Fsp3) is 0.0833. The lowest BCUT2D eigenvalue weighted by atomic mass is 10.1. The van der Waals surface area contributed by atoms with Crippen molar-refractivity contribution in [2.75, 3.05) is 10.6 Å². The predicted octanol–water partition coefficient (Wildman–Crippen LogP) is 2.80. The summed E-state index contributed by atoms with van der Waals surface area (Å²) in [5.74, 6) is -3.26. The first kappa shape index (κ1) is 17.3. The lowest BCUT2D eigenvalue weighted by Crippen LogP contribution is -2.31. The summed E-state index contributed by atoms with van der Waals surface area (Å²) >= 11 is 1.04. The third kappa shape index (κ3) is 4.04. The molecule has 0 fully saturated rings. The molecule has 0 saturated heterocycles. The summed E-state index contributed by atoms with van der Waals surface area (Å²) < 4.78 is 37.1. The number of alkyl halides is 3. The third-order valence-corrected chi connectivity index (χ3v) is 3.31. The molecular formula is C12H7F3N4O4S. The van der Waals surface area contributed by atoms with Crippen molar-refractivity contribution >= 4 is 39.7 Å². The van der Waals surface area contributed by atoms with Gasteiger partial charge < -0.3 is 5.32 Å². The number of rotatable bonds is 4. The maximum absolute atomic E-state index is 12.4. The van der Waals surface area contributed by atoms with Crippen LogP contribution in [-0.4, -0.2) is 27.9 Å². The monoisotopic (exact) mass is 360 g/mol. The number of carbonyl (C=O) groups excluding carboxylic acids is 2. The topological polar surface area (TPSA) is 114 Å². The van der Waals surface area contributed by atoms with Gasteiger partial charge in [-0.3, -0.25) is 25.0 Å². The average molecular weight is 360 g/mol. The summed E-state index contributed by atoms with van der Waals surface area (Å²) in [7, 11) is 0. The van der Waals surface area contributed by atoms with Gasteiger partial charge in [-0.2, -0.15) is 13.2 Å². The maximum Gasteiger partial charge on any atom is 0.471 e. The Labute approximate surface area is 135 Å². The number of anilines is 2. The molecule has 0 aliphatic heterocycles. The van der Waals surface area contributed by atoms with Gasteiger partial charge in [-0.15, -0.1) is 11.3 Å². The van der Waals surface area contributed by atoms with Gasteiger partial charge in [-0.1, -0.05) is 0 Å². The van der Waals surface area contributed by atoms with Crippen molar-refractivity contribution in [2.24, 2.45) is 0 Å². The van der Waals surface area contributed by atoms with E-state index in [9.17, 15) is 32.9 Å². The van der Waals surface area contributed by atoms with Crippen LogP contribution in [-0.2, 0) is 4.79 Å². The zero-order valence-electron chi connectivity index (χ0n) is 11.5. The summed E-state index contributed by atoms with van der Waals surface area (Å²) in [6.45, 7) is 0. The fourth-order valence-corrected chi connectivity index (χ4v) is 2.11. The Kier molecular flexibility index (Phi) is 4.78. The third-order valence-electron chi connectivity index (χ3n) is 2.62. The number of nitro benzene ring substituents is 1. The Morgan fingerprint density at radius 3 is 2.50 bits per heavy atom. The zero-order chi connectivity index (χ0) is 17.9. The van der Waals surface area contributed by atoms with E-state index in [1.807, 2.05) is 0 Å². The van der Waals surface area contributed by atoms with Gasteiger partial charge in [0.15, 0.2) is 5.13 Å². The molecular weight excluding hydrogens is 353 g/mol. The molecule has 2 amide bonds. The van der Waals surface area contributed by atoms with E-state index in [-0.39, 0.29) is 5.13 Å². The van der Waals surface area contributed by atoms with Crippen molar-refractivity contribution in [3.63, 3.8) is 0 Å². The van der Waals surface area contributed by atoms with E-state index in [0.29, 0.717) is 0 Å². The van der Waals surface area contributed by atoms with Crippen LogP contribution >= 0.6 is 11.3 Å². The highest BCUT2D eigenvalue weighted by Crippen LogP contribution is 2.26. The van der Waals surface area contributed by atoms with Gasteiger partial charge in [0.05, 0.1) is 16.2 Å². The van der Waals surface area contributed by atoms with Crippen LogP contribution in [0.15, 0.2) is 29.8 Å². The number of thiazole rings is 1. The van der Waals surface area contributed by atoms with Crippen molar-refractivity contribution in [3.8, 4) is 0 Å². The molecule has 0 bridgehead atoms. The molecule has 0 atom stereocenters. The number of aromatic nitrogens is 1. The maximum atomic E-state index is 12.4. The molecule has 1 heterocycles. The van der Waals surface area contributed by atoms with Gasteiger partial charge in [0.25, 0.3) is 11.6 Å². The highest BCUT2D eigenvalue weighted by molar-refractivity contribution is 7.13. The first-order valence-corrected chi connectivity index (χ1v) is 6.94. The summed E-state index contributed by atoms with van der Waals surface area (Å²) in [5, 5.41) is 16.2. The second-order valence-electron chi connectivity index (χ2n) is 4.23. The number of nitrogens with one attached hydrogen (secondary N) is 2. The van der Waals surface area contributed by atoms with E-state index in [0.717, 1.165) is 29.5 Å². The van der Waals surface area contributed by atoms with Crippen molar-refractivity contribution in [1.82, 2.24) is 4.98 Å². The lowest BCUT2D eigenvalue weighted by molar-refractivity contribution is -0.384. The van der Waals surface area contributed by atoms with E-state index in [1.165, 1.54) is 16.9 Å². The van der Waals surface area contributed by atoms with E-state index < -0.39 is 39.9 Å². The number of nitro groups is 1. The van der Waals surface area contributed by atoms with Gasteiger partial charge in [0, 0.05) is 23.7 Å². The van der Waals surface area contributed by atoms with Crippen molar-refractivity contribution < 1.29 is 27.7 Å². The summed E-state index contributed by atoms with van der Waals surface area (Å²) in [6, 6.07) is 2.47. The molecule has 0 aliphatic rings. The molecule has 2 rings (SSSR count). The standard InChI is InChI=1S/C12H7F3N4O4S/c13-12(14,15)10(21)17-8-2-1-6(19(22)23)5-7(8)9(20)18-11-16-3-4-24-11/h1-5H,(H,17,21)(H,16,18,20). The molecule has 2 N–H and O–H groups in total. The summed E-state index contributed by atoms with van der Waals surface area (Å²) in [4.78, 5) is 36.9. The molecule has 0 spiro atoms. The van der Waals surface area contributed by atoms with Gasteiger partial charge in [-0.25, -0.2) is 4.98 Å². The Morgan fingerprint density at radius 1 is 1.25 bits per heavy atom. The highest BCUT2D eigenvalue weighted by Gasteiger charge is 2.39. The number of hydrogen-bond donors (Lipinski definition) is 2. The van der Waals surface area contributed by atoms with Crippen molar-refractivity contribution in [2.45, 2.75) is 6.18 Å². The summed E-state index contributed by atoms with van der Waals surface area (Å²) in [5.41, 5.74) is -1.54. The Hall–Kier alpha value is -3.02. The number of carbonyl (C=O) groups is 2. The van der Waals surface area contributed by atoms with E-state index in [2.05, 4.69) is 10.3 Å². The molecule has 0 saturated carbocycles. The Balaban J connectivity index is 2.37. The number of halogens is 3. The van der Waals surface area contributed by atoms with Crippen LogP contribution in [0.4, 0.5) is 29.7 Å². The van der Waals surface area contributed by atoms with E-state index in [4.69, 9.17) is 0 Å². The second kappa shape index (κ2) is 6.62. The van der Waals surface area contributed by atoms with Crippen LogP contribution in [0.25, 0.3) is 0 Å². The smallest absolute Gasteiger partial charge is 0.317 e. The van der Waals surface area contributed by atoms with E-state index >= 15 is 0 Å². The van der Waals surface area contributed by atoms with Gasteiger partial charge in [0.1, 0.15) is 0 Å². The number of nitrogens with zero attached hydrogens (tertiary/aromatic N) is 2. The largest absolute Gasteiger partial charge is 0.471 e. The average Bonchev–Trinajstić information content (AvgIpc) is 2.99. The first-order chi connectivity index (χ1) is 11.2. The molecule has 0 aliphatic carbocycles. The lowest BCUT2D eigenvalue weighted by Gasteiger charge is -2.12. The highest BCUT2D eigenvalue weighted by atomic mass is 32.1. The molecule has 126 valence electrons. The molecule has 1 aromatic carbocycles. The predicted molar refractivity (Wildman–Crippen MR) is 77.8 cm³/mol. The first-order valence-electron chi connectivity index (χ1n) is 6.06. The van der Waals surface area contributed by atoms with Crippen LogP contribution in [0.5, 0.6) is 0 Å². The number of amides is 2. The van der Waals surface area contributed by atoms with Crippen LogP contribution in [0, 0.1) is 10.1 Å². The van der Waals surface area contributed by atoms with Gasteiger partial charge in [0.2, 0.25) is 0 Å². The Bertz CT molecular complexity index is 792. The Morgan fingerprint density at radius 2 is 1.96 bits per heavy atom. The van der Waals surface area contributed by atoms with Crippen LogP contribution < -0.4 is 10.6 Å². The van der Waals surface area contributed by atoms with Crippen LogP contribution in [0.1, 0.15) is 10.4 Å². The molecule has 12 heteroatoms. The number of benzene rings is 1. The van der Waals surface area contributed by atoms with E-state index in [1.54, 1.807) is 0 Å². The quantitative estimate of drug-likeness (QED) is 0.643. The molecule has 0 radical (unpaired) electrons. The second-order valence-corrected chi connectivity index (χ2v) is 5.12. The normalized spacial score (nSPS) is 11.0. The minimum absolute atomic E-state index is 0.139. The SMILES string of the molecule is O=C(Nc1nccs1)c1cc([N+](=O)[O-])ccc1NC(=O)C(F)(F)F. The minimum Gasteiger partial charge on any atom is -0.317 e. The molecule has 1 aromatic heterocycles. The molecule has 2 aromatic rings. The zero-order valence-corrected chi connectivity index (χ0v) is 12.3. The minimum atomic E-state index is -5.18. The molecule has 8 nitrogen and oxygen atoms in total. The molecule has 0 unspecified atom stereocenters. The fourth-order valence-electron chi connectivity index (χ4n) is 1.59. The van der Waals surface area contributed by atoms with Gasteiger partial charge >= 0.3 is 12.1 Å². The van der Waals surface area contributed by atoms with Gasteiger partial charge in [-0.05, 0) is 6.07 Å². The van der Waals surface area contributed by atoms with Crippen molar-refractivity contribution in [1.29, 1.82) is 0 Å². The number of hydrogen-bond acceptors (Lipinski definition) is 6. The number of non-ortho nitro benzene ring substituents is 1. The van der Waals surface area contributed by atoms with Crippen molar-refractivity contribution in [3.05, 3.63) is 45.5 Å². The summed E-state index contributed by atoms with van der Waals surface area (Å²) in [6.07, 6.45) is -3.80. The molecule has 24 heavy (non-hydrogen) atoms. The van der Waals surface area contributed by atoms with Crippen LogP contribution in [0.3, 0.4) is 0 Å². The van der Waals surface area contributed by atoms with Crippen LogP contribution in [0.2, 0.25) is 0 Å².